The molecule has 0 aliphatic carbocycles. The lowest BCUT2D eigenvalue weighted by atomic mass is 9.99. The lowest BCUT2D eigenvalue weighted by Crippen LogP contribution is -2.25. The fourth-order valence-electron chi connectivity index (χ4n) is 2.07. The molecular weight excluding hydrogens is 224 g/mol. The molecule has 0 aromatic heterocycles. The molecule has 1 aromatic rings. The van der Waals surface area contributed by atoms with Crippen LogP contribution in [0.1, 0.15) is 45.1 Å². The van der Waals surface area contributed by atoms with Gasteiger partial charge in [-0.15, -0.1) is 0 Å². The zero-order valence-electron chi connectivity index (χ0n) is 11.6. The van der Waals surface area contributed by atoms with Crippen LogP contribution in [0.25, 0.3) is 0 Å². The van der Waals surface area contributed by atoms with E-state index in [4.69, 9.17) is 5.73 Å². The molecule has 0 saturated carbocycles. The van der Waals surface area contributed by atoms with Gasteiger partial charge in [0.05, 0.1) is 0 Å². The largest absolute Gasteiger partial charge is 0.330 e. The summed E-state index contributed by atoms with van der Waals surface area (Å²) in [4.78, 5) is 12.1. The van der Waals surface area contributed by atoms with E-state index in [2.05, 4.69) is 25.2 Å². The number of carbonyl (C=O) groups is 1. The van der Waals surface area contributed by atoms with Crippen LogP contribution >= 0.6 is 0 Å². The molecule has 1 amide bonds. The summed E-state index contributed by atoms with van der Waals surface area (Å²) in [5, 5.41) is 3.03. The Morgan fingerprint density at radius 3 is 2.56 bits per heavy atom. The molecule has 1 atom stereocenters. The van der Waals surface area contributed by atoms with Crippen LogP contribution in [0, 0.1) is 5.92 Å². The summed E-state index contributed by atoms with van der Waals surface area (Å²) in [6.45, 7) is 6.83. The Morgan fingerprint density at radius 2 is 2.00 bits per heavy atom. The maximum atomic E-state index is 12.1. The second kappa shape index (κ2) is 7.17. The number of hydrogen-bond donors (Lipinski definition) is 2. The number of nitrogens with two attached hydrogens (primary N) is 1. The van der Waals surface area contributed by atoms with Crippen LogP contribution in [0.2, 0.25) is 0 Å². The highest BCUT2D eigenvalue weighted by Gasteiger charge is 2.17. The van der Waals surface area contributed by atoms with Gasteiger partial charge in [0.2, 0.25) is 5.91 Å². The zero-order chi connectivity index (χ0) is 13.5. The number of anilines is 1. The van der Waals surface area contributed by atoms with E-state index in [-0.39, 0.29) is 11.8 Å². The second-order valence-corrected chi connectivity index (χ2v) is 4.91. The van der Waals surface area contributed by atoms with E-state index in [1.165, 1.54) is 5.56 Å². The highest BCUT2D eigenvalue weighted by molar-refractivity contribution is 5.93. The molecule has 0 heterocycles. The quantitative estimate of drug-likeness (QED) is 0.812. The van der Waals surface area contributed by atoms with E-state index in [0.717, 1.165) is 18.5 Å². The maximum Gasteiger partial charge on any atom is 0.227 e. The third-order valence-corrected chi connectivity index (χ3v) is 3.22. The van der Waals surface area contributed by atoms with Crippen LogP contribution in [0.4, 0.5) is 5.69 Å². The molecule has 1 aromatic carbocycles. The van der Waals surface area contributed by atoms with Crippen molar-refractivity contribution in [1.82, 2.24) is 0 Å². The van der Waals surface area contributed by atoms with Gasteiger partial charge < -0.3 is 11.1 Å². The third kappa shape index (κ3) is 3.84. The van der Waals surface area contributed by atoms with Crippen molar-refractivity contribution in [2.24, 2.45) is 11.7 Å². The Kier molecular flexibility index (Phi) is 5.86. The minimum absolute atomic E-state index is 0.00946. The number of rotatable bonds is 6. The first kappa shape index (κ1) is 14.7. The van der Waals surface area contributed by atoms with Gasteiger partial charge in [-0.1, -0.05) is 39.0 Å². The minimum Gasteiger partial charge on any atom is -0.330 e. The van der Waals surface area contributed by atoms with E-state index in [1.54, 1.807) is 0 Å². The third-order valence-electron chi connectivity index (χ3n) is 3.22. The van der Waals surface area contributed by atoms with Crippen LogP contribution in [0.15, 0.2) is 24.3 Å². The zero-order valence-corrected chi connectivity index (χ0v) is 11.6. The van der Waals surface area contributed by atoms with Crippen molar-refractivity contribution in [2.45, 2.75) is 39.5 Å². The summed E-state index contributed by atoms with van der Waals surface area (Å²) in [5.41, 5.74) is 7.63. The summed E-state index contributed by atoms with van der Waals surface area (Å²) < 4.78 is 0. The molecule has 3 heteroatoms. The van der Waals surface area contributed by atoms with Gasteiger partial charge in [0, 0.05) is 11.6 Å². The van der Waals surface area contributed by atoms with E-state index in [1.807, 2.05) is 25.1 Å². The van der Waals surface area contributed by atoms with Gasteiger partial charge in [-0.05, 0) is 36.9 Å². The maximum absolute atomic E-state index is 12.1. The summed E-state index contributed by atoms with van der Waals surface area (Å²) in [5.74, 6) is 0.488. The van der Waals surface area contributed by atoms with Gasteiger partial charge in [-0.3, -0.25) is 4.79 Å². The Hall–Kier alpha value is -1.35. The minimum atomic E-state index is 0.00946. The average Bonchev–Trinajstić information content (AvgIpc) is 2.36. The number of nitrogens with one attached hydrogen (secondary N) is 1. The number of carbonyl (C=O) groups excluding carboxylic acids is 1. The van der Waals surface area contributed by atoms with Crippen LogP contribution in [-0.2, 0) is 4.79 Å². The normalized spacial score (nSPS) is 12.5. The molecule has 3 N–H and O–H groups in total. The predicted octanol–water partition coefficient (Wildman–Crippen LogP) is 3.12. The molecule has 3 nitrogen and oxygen atoms in total. The average molecular weight is 248 g/mol. The van der Waals surface area contributed by atoms with Crippen molar-refractivity contribution in [1.29, 1.82) is 0 Å². The van der Waals surface area contributed by atoms with Gasteiger partial charge in [-0.2, -0.15) is 0 Å². The van der Waals surface area contributed by atoms with Gasteiger partial charge in [0.25, 0.3) is 0 Å². The monoisotopic (exact) mass is 248 g/mol. The Morgan fingerprint density at radius 1 is 1.33 bits per heavy atom. The highest BCUT2D eigenvalue weighted by atomic mass is 16.1. The summed E-state index contributed by atoms with van der Waals surface area (Å²) >= 11 is 0. The molecule has 0 aliphatic rings. The Balaban J connectivity index is 2.80. The van der Waals surface area contributed by atoms with Gasteiger partial charge in [0.1, 0.15) is 0 Å². The molecule has 0 spiro atoms. The molecular formula is C15H24N2O. The first-order chi connectivity index (χ1) is 8.60. The summed E-state index contributed by atoms with van der Waals surface area (Å²) in [6, 6.07) is 7.97. The lowest BCUT2D eigenvalue weighted by molar-refractivity contribution is -0.120. The molecule has 1 rings (SSSR count). The molecule has 0 saturated heterocycles. The first-order valence-corrected chi connectivity index (χ1v) is 6.70. The van der Waals surface area contributed by atoms with Crippen molar-refractivity contribution in [3.63, 3.8) is 0 Å². The number of amides is 1. The van der Waals surface area contributed by atoms with Crippen molar-refractivity contribution in [3.8, 4) is 0 Å². The lowest BCUT2D eigenvalue weighted by Gasteiger charge is -2.17. The highest BCUT2D eigenvalue weighted by Crippen LogP contribution is 2.24. The van der Waals surface area contributed by atoms with Crippen molar-refractivity contribution in [3.05, 3.63) is 29.8 Å². The number of benzene rings is 1. The first-order valence-electron chi connectivity index (χ1n) is 6.70. The molecule has 0 radical (unpaired) electrons. The molecule has 0 fully saturated rings. The van der Waals surface area contributed by atoms with Crippen LogP contribution in [0.3, 0.4) is 0 Å². The van der Waals surface area contributed by atoms with Gasteiger partial charge in [-0.25, -0.2) is 0 Å². The summed E-state index contributed by atoms with van der Waals surface area (Å²) in [7, 11) is 0. The smallest absolute Gasteiger partial charge is 0.227 e. The van der Waals surface area contributed by atoms with E-state index in [0.29, 0.717) is 12.5 Å². The molecule has 0 aliphatic heterocycles. The van der Waals surface area contributed by atoms with Gasteiger partial charge >= 0.3 is 0 Å². The molecule has 100 valence electrons. The molecule has 0 bridgehead atoms. The molecule has 18 heavy (non-hydrogen) atoms. The van der Waals surface area contributed by atoms with Crippen molar-refractivity contribution < 1.29 is 4.79 Å². The van der Waals surface area contributed by atoms with Crippen molar-refractivity contribution in [2.75, 3.05) is 11.9 Å². The van der Waals surface area contributed by atoms with Crippen LogP contribution in [-0.4, -0.2) is 12.5 Å². The fraction of sp³-hybridized carbons (Fsp3) is 0.533. The van der Waals surface area contributed by atoms with E-state index >= 15 is 0 Å². The Labute approximate surface area is 110 Å². The standard InChI is InChI=1S/C15H24N2O/c1-4-12(9-10-16)15(18)17-14-8-6-5-7-13(14)11(2)3/h5-8,11-12H,4,9-10,16H2,1-3H3,(H,17,18). The summed E-state index contributed by atoms with van der Waals surface area (Å²) in [6.07, 6.45) is 1.57. The molecule has 1 unspecified atom stereocenters. The number of para-hydroxylation sites is 1. The van der Waals surface area contributed by atoms with E-state index < -0.39 is 0 Å². The SMILES string of the molecule is CCC(CCN)C(=O)Nc1ccccc1C(C)C. The van der Waals surface area contributed by atoms with E-state index in [9.17, 15) is 4.79 Å². The number of hydrogen-bond acceptors (Lipinski definition) is 2. The second-order valence-electron chi connectivity index (χ2n) is 4.91. The topological polar surface area (TPSA) is 55.1 Å². The predicted molar refractivity (Wildman–Crippen MR) is 76.6 cm³/mol. The van der Waals surface area contributed by atoms with Gasteiger partial charge in [0.15, 0.2) is 0 Å². The van der Waals surface area contributed by atoms with Crippen molar-refractivity contribution >= 4 is 11.6 Å². The van der Waals surface area contributed by atoms with Crippen LogP contribution in [0.5, 0.6) is 0 Å². The Bertz CT molecular complexity index is 388. The fourth-order valence-corrected chi connectivity index (χ4v) is 2.07. The van der Waals surface area contributed by atoms with Crippen LogP contribution < -0.4 is 11.1 Å².